The Morgan fingerprint density at radius 3 is 1.00 bits per heavy atom. The first-order valence-electron chi connectivity index (χ1n) is 28.8. The highest BCUT2D eigenvalue weighted by atomic mass is 16.6. The first-order chi connectivity index (χ1) is 33.0. The van der Waals surface area contributed by atoms with Gasteiger partial charge in [0.2, 0.25) is 0 Å². The van der Waals surface area contributed by atoms with Gasteiger partial charge in [-0.1, -0.05) is 236 Å². The Balaban J connectivity index is 4.38. The summed E-state index contributed by atoms with van der Waals surface area (Å²) in [5.74, 6) is -0.912. The van der Waals surface area contributed by atoms with Gasteiger partial charge in [-0.3, -0.25) is 14.4 Å². The molecule has 0 amide bonds. The van der Waals surface area contributed by atoms with Crippen LogP contribution in [0.5, 0.6) is 0 Å². The SMILES string of the molecule is CC/C=C\C/C=C\CCCCCCCC(=O)OCC(COC(=O)CCCCCCCCC/C=C\CCCCCCCCCC)OC(=O)CCCCCCC/C=C\C=C/CCCCCCCCC. The highest BCUT2D eigenvalue weighted by Crippen LogP contribution is 2.15. The maximum atomic E-state index is 12.8. The quantitative estimate of drug-likeness (QED) is 0.0199. The molecule has 0 radical (unpaired) electrons. The molecule has 0 aromatic heterocycles. The Hall–Kier alpha value is -2.89. The molecular weight excluding hydrogens is 829 g/mol. The molecule has 0 saturated carbocycles. The van der Waals surface area contributed by atoms with Gasteiger partial charge < -0.3 is 14.2 Å². The van der Waals surface area contributed by atoms with Crippen molar-refractivity contribution >= 4 is 17.9 Å². The summed E-state index contributed by atoms with van der Waals surface area (Å²) in [5, 5.41) is 0. The summed E-state index contributed by atoms with van der Waals surface area (Å²) >= 11 is 0. The molecule has 0 aliphatic carbocycles. The summed E-state index contributed by atoms with van der Waals surface area (Å²) in [7, 11) is 0. The molecule has 0 N–H and O–H groups in total. The summed E-state index contributed by atoms with van der Waals surface area (Å²) in [5.41, 5.74) is 0. The minimum absolute atomic E-state index is 0.0867. The van der Waals surface area contributed by atoms with E-state index in [0.717, 1.165) is 109 Å². The first-order valence-corrected chi connectivity index (χ1v) is 28.8. The second kappa shape index (κ2) is 55.7. The monoisotopic (exact) mass is 937 g/mol. The van der Waals surface area contributed by atoms with Crippen LogP contribution in [0.15, 0.2) is 60.8 Å². The van der Waals surface area contributed by atoms with Gasteiger partial charge >= 0.3 is 17.9 Å². The van der Waals surface area contributed by atoms with Crippen LogP contribution in [0.4, 0.5) is 0 Å². The predicted molar refractivity (Wildman–Crippen MR) is 288 cm³/mol. The molecule has 0 aromatic carbocycles. The first kappa shape index (κ1) is 64.1. The zero-order valence-corrected chi connectivity index (χ0v) is 44.4. The van der Waals surface area contributed by atoms with E-state index >= 15 is 0 Å². The lowest BCUT2D eigenvalue weighted by Crippen LogP contribution is -2.30. The van der Waals surface area contributed by atoms with Crippen molar-refractivity contribution in [3.63, 3.8) is 0 Å². The minimum Gasteiger partial charge on any atom is -0.462 e. The summed E-state index contributed by atoms with van der Waals surface area (Å²) in [6, 6.07) is 0. The third-order valence-corrected chi connectivity index (χ3v) is 12.5. The predicted octanol–water partition coefficient (Wildman–Crippen LogP) is 19.2. The van der Waals surface area contributed by atoms with Crippen LogP contribution in [0.1, 0.15) is 290 Å². The number of carbonyl (C=O) groups excluding carboxylic acids is 3. The molecule has 67 heavy (non-hydrogen) atoms. The molecule has 0 aromatic rings. The van der Waals surface area contributed by atoms with Crippen LogP contribution in [0.2, 0.25) is 0 Å². The average molecular weight is 938 g/mol. The summed E-state index contributed by atoms with van der Waals surface area (Å²) in [6.07, 6.45) is 69.3. The molecule has 0 saturated heterocycles. The van der Waals surface area contributed by atoms with Crippen LogP contribution < -0.4 is 0 Å². The number of ether oxygens (including phenoxy) is 3. The van der Waals surface area contributed by atoms with Crippen LogP contribution in [0.3, 0.4) is 0 Å². The number of rotatable bonds is 52. The van der Waals surface area contributed by atoms with E-state index in [2.05, 4.69) is 81.5 Å². The lowest BCUT2D eigenvalue weighted by atomic mass is 10.1. The zero-order valence-electron chi connectivity index (χ0n) is 44.4. The largest absolute Gasteiger partial charge is 0.462 e. The average Bonchev–Trinajstić information content (AvgIpc) is 3.33. The zero-order chi connectivity index (χ0) is 48.6. The number of hydrogen-bond acceptors (Lipinski definition) is 6. The van der Waals surface area contributed by atoms with E-state index in [4.69, 9.17) is 14.2 Å². The van der Waals surface area contributed by atoms with E-state index in [1.807, 2.05) is 0 Å². The highest BCUT2D eigenvalue weighted by molar-refractivity contribution is 5.71. The Morgan fingerprint density at radius 2 is 0.627 bits per heavy atom. The van der Waals surface area contributed by atoms with Crippen molar-refractivity contribution in [3.05, 3.63) is 60.8 Å². The molecule has 0 bridgehead atoms. The molecule has 0 aliphatic heterocycles. The smallest absolute Gasteiger partial charge is 0.306 e. The third kappa shape index (κ3) is 53.9. The number of unbranched alkanes of at least 4 members (excludes halogenated alkanes) is 32. The molecular formula is C61H108O6. The Morgan fingerprint density at radius 1 is 0.328 bits per heavy atom. The van der Waals surface area contributed by atoms with E-state index < -0.39 is 6.10 Å². The number of hydrogen-bond donors (Lipinski definition) is 0. The van der Waals surface area contributed by atoms with Gasteiger partial charge in [-0.25, -0.2) is 0 Å². The lowest BCUT2D eigenvalue weighted by molar-refractivity contribution is -0.167. The number of allylic oxidation sites excluding steroid dienone is 10. The summed E-state index contributed by atoms with van der Waals surface area (Å²) in [6.45, 7) is 6.52. The molecule has 388 valence electrons. The molecule has 0 spiro atoms. The maximum Gasteiger partial charge on any atom is 0.306 e. The van der Waals surface area contributed by atoms with E-state index in [1.54, 1.807) is 0 Å². The molecule has 1 unspecified atom stereocenters. The van der Waals surface area contributed by atoms with Crippen LogP contribution >= 0.6 is 0 Å². The van der Waals surface area contributed by atoms with Gasteiger partial charge in [0.1, 0.15) is 13.2 Å². The van der Waals surface area contributed by atoms with Crippen molar-refractivity contribution in [3.8, 4) is 0 Å². The van der Waals surface area contributed by atoms with Crippen LogP contribution in [-0.2, 0) is 28.6 Å². The number of carbonyl (C=O) groups is 3. The van der Waals surface area contributed by atoms with Gasteiger partial charge in [-0.2, -0.15) is 0 Å². The minimum atomic E-state index is -0.790. The Labute approximate surface area is 415 Å². The molecule has 0 heterocycles. The van der Waals surface area contributed by atoms with Crippen molar-refractivity contribution in [1.82, 2.24) is 0 Å². The van der Waals surface area contributed by atoms with Crippen molar-refractivity contribution in [2.45, 2.75) is 297 Å². The molecule has 0 aliphatic rings. The molecule has 0 fully saturated rings. The van der Waals surface area contributed by atoms with E-state index in [-0.39, 0.29) is 31.1 Å². The van der Waals surface area contributed by atoms with Crippen molar-refractivity contribution in [1.29, 1.82) is 0 Å². The van der Waals surface area contributed by atoms with E-state index in [0.29, 0.717) is 19.3 Å². The van der Waals surface area contributed by atoms with Gasteiger partial charge in [0.05, 0.1) is 0 Å². The summed E-state index contributed by atoms with van der Waals surface area (Å²) < 4.78 is 16.8. The Bertz CT molecular complexity index is 1210. The second-order valence-electron chi connectivity index (χ2n) is 19.2. The third-order valence-electron chi connectivity index (χ3n) is 12.5. The van der Waals surface area contributed by atoms with Gasteiger partial charge in [-0.15, -0.1) is 0 Å². The van der Waals surface area contributed by atoms with Gasteiger partial charge in [0.15, 0.2) is 6.10 Å². The van der Waals surface area contributed by atoms with Gasteiger partial charge in [0.25, 0.3) is 0 Å². The Kier molecular flexibility index (Phi) is 53.3. The van der Waals surface area contributed by atoms with E-state index in [9.17, 15) is 14.4 Å². The van der Waals surface area contributed by atoms with Crippen LogP contribution in [-0.4, -0.2) is 37.2 Å². The molecule has 0 rings (SSSR count). The lowest BCUT2D eigenvalue weighted by Gasteiger charge is -2.18. The van der Waals surface area contributed by atoms with Crippen molar-refractivity contribution in [2.24, 2.45) is 0 Å². The van der Waals surface area contributed by atoms with E-state index in [1.165, 1.54) is 141 Å². The topological polar surface area (TPSA) is 78.9 Å². The number of esters is 3. The van der Waals surface area contributed by atoms with Crippen LogP contribution in [0.25, 0.3) is 0 Å². The normalized spacial score (nSPS) is 12.5. The standard InChI is InChI=1S/C61H108O6/c1-4-7-10-13-16-19-22-25-27-29-31-33-34-36-39-42-45-48-51-54-60(63)66-57-58(56-65-59(62)53-50-47-44-41-38-24-21-18-15-12-9-6-3)67-61(64)55-52-49-46-43-40-37-35-32-30-28-26-23-20-17-14-11-8-5-2/h9,12,18,21,28-32,35,58H,4-8,10-11,13-17,19-20,22-27,33-34,36-57H2,1-3H3/b12-9-,21-18-,30-28-,31-29-,35-32-. The van der Waals surface area contributed by atoms with Crippen molar-refractivity contribution < 1.29 is 28.6 Å². The summed E-state index contributed by atoms with van der Waals surface area (Å²) in [4.78, 5) is 38.1. The van der Waals surface area contributed by atoms with Crippen LogP contribution in [0, 0.1) is 0 Å². The fourth-order valence-electron chi connectivity index (χ4n) is 8.17. The molecule has 6 heteroatoms. The molecule has 1 atom stereocenters. The van der Waals surface area contributed by atoms with Gasteiger partial charge in [-0.05, 0) is 96.3 Å². The second-order valence-corrected chi connectivity index (χ2v) is 19.2. The maximum absolute atomic E-state index is 12.8. The van der Waals surface area contributed by atoms with Crippen molar-refractivity contribution in [2.75, 3.05) is 13.2 Å². The van der Waals surface area contributed by atoms with Gasteiger partial charge in [0, 0.05) is 19.3 Å². The fourth-order valence-corrected chi connectivity index (χ4v) is 8.17. The molecule has 6 nitrogen and oxygen atoms in total. The fraction of sp³-hybridized carbons (Fsp3) is 0.787. The highest BCUT2D eigenvalue weighted by Gasteiger charge is 2.19.